The monoisotopic (exact) mass is 882 g/mol. The molecule has 6 heterocycles. The zero-order valence-electron chi connectivity index (χ0n) is 35.1. The summed E-state index contributed by atoms with van der Waals surface area (Å²) in [5, 5.41) is 9.83. The van der Waals surface area contributed by atoms with Gasteiger partial charge >= 0.3 is 12.2 Å². The standard InChI is InChI=1S/C47H46N8O6S2/c1-26(2)38(52-46(58)60-3)44(56)55-21-9-13-37(55)43-49-33-19-18-30(22-34(33)50-43)32-25-63-40-31(24-62-41(32)40)27-14-16-28(17-15-27)35-23-48-42(51-35)36-12-8-20-54(36)45(57)39(53-47(59)61-4)29-10-6-5-7-11-29/h5-7,9-11,13-19,22-26,36-39H,8,12,20-21H2,1-4H3,(H,48,51)(H,49,50)(H,52,58)(H,53,59)/t36?,37?,38-,39+/m0/s1. The Morgan fingerprint density at radius 2 is 1.48 bits per heavy atom. The number of hydrogen-bond acceptors (Lipinski definition) is 10. The molecule has 16 heteroatoms. The number of likely N-dealkylation sites (tertiary alicyclic amines) is 1. The van der Waals surface area contributed by atoms with Crippen molar-refractivity contribution in [3.05, 3.63) is 119 Å². The molecule has 4 aromatic heterocycles. The van der Waals surface area contributed by atoms with Crippen LogP contribution >= 0.6 is 22.7 Å². The number of nitrogens with one attached hydrogen (secondary N) is 4. The Hall–Kier alpha value is -6.78. The first-order valence-electron chi connectivity index (χ1n) is 20.8. The molecule has 2 unspecified atom stereocenters. The maximum Gasteiger partial charge on any atom is 0.407 e. The number of imidazole rings is 2. The van der Waals surface area contributed by atoms with Crippen LogP contribution in [0.4, 0.5) is 9.59 Å². The van der Waals surface area contributed by atoms with Crippen LogP contribution in [0.2, 0.25) is 0 Å². The molecule has 2 aliphatic heterocycles. The van der Waals surface area contributed by atoms with Crippen LogP contribution in [0.25, 0.3) is 53.9 Å². The van der Waals surface area contributed by atoms with Gasteiger partial charge in [-0.2, -0.15) is 0 Å². The van der Waals surface area contributed by atoms with Gasteiger partial charge in [0.2, 0.25) is 5.91 Å². The summed E-state index contributed by atoms with van der Waals surface area (Å²) >= 11 is 3.44. The third-order valence-electron chi connectivity index (χ3n) is 11.8. The number of H-pyrrole nitrogens is 2. The molecule has 0 bridgehead atoms. The number of methoxy groups -OCH3 is 2. The predicted octanol–water partition coefficient (Wildman–Crippen LogP) is 9.14. The van der Waals surface area contributed by atoms with Gasteiger partial charge in [-0.1, -0.05) is 86.7 Å². The van der Waals surface area contributed by atoms with E-state index >= 15 is 0 Å². The lowest BCUT2D eigenvalue weighted by Crippen LogP contribution is -2.51. The highest BCUT2D eigenvalue weighted by atomic mass is 32.1. The summed E-state index contributed by atoms with van der Waals surface area (Å²) < 4.78 is 12.0. The van der Waals surface area contributed by atoms with Crippen LogP contribution in [-0.2, 0) is 19.1 Å². The van der Waals surface area contributed by atoms with E-state index in [1.54, 1.807) is 32.5 Å². The fourth-order valence-electron chi connectivity index (χ4n) is 8.49. The summed E-state index contributed by atoms with van der Waals surface area (Å²) in [6.45, 7) is 4.75. The van der Waals surface area contributed by atoms with Gasteiger partial charge in [-0.15, -0.1) is 22.7 Å². The number of ether oxygens (including phenoxy) is 2. The Bertz CT molecular complexity index is 2840. The zero-order chi connectivity index (χ0) is 43.8. The molecule has 63 heavy (non-hydrogen) atoms. The van der Waals surface area contributed by atoms with Gasteiger partial charge in [0.05, 0.1) is 52.6 Å². The van der Waals surface area contributed by atoms with Gasteiger partial charge < -0.3 is 39.9 Å². The quantitative estimate of drug-likeness (QED) is 0.0931. The van der Waals surface area contributed by atoms with Gasteiger partial charge in [-0.3, -0.25) is 9.59 Å². The minimum absolute atomic E-state index is 0.137. The van der Waals surface area contributed by atoms with E-state index in [9.17, 15) is 19.2 Å². The maximum absolute atomic E-state index is 14.0. The number of carbonyl (C=O) groups is 4. The van der Waals surface area contributed by atoms with Gasteiger partial charge in [0.15, 0.2) is 0 Å². The number of amides is 4. The van der Waals surface area contributed by atoms with Crippen LogP contribution in [0.3, 0.4) is 0 Å². The van der Waals surface area contributed by atoms with Crippen LogP contribution in [0.15, 0.2) is 102 Å². The van der Waals surface area contributed by atoms with Crippen molar-refractivity contribution >= 4 is 67.1 Å². The summed E-state index contributed by atoms with van der Waals surface area (Å²) in [4.78, 5) is 72.0. The van der Waals surface area contributed by atoms with E-state index in [0.717, 1.165) is 51.8 Å². The average Bonchev–Trinajstić information content (AvgIpc) is 4.17. The first kappa shape index (κ1) is 41.6. The van der Waals surface area contributed by atoms with E-state index in [1.807, 2.05) is 68.6 Å². The molecule has 1 fully saturated rings. The molecule has 0 radical (unpaired) electrons. The minimum Gasteiger partial charge on any atom is -0.453 e. The molecule has 0 aliphatic carbocycles. The third-order valence-corrected chi connectivity index (χ3v) is 13.9. The Morgan fingerprint density at radius 3 is 2.19 bits per heavy atom. The molecule has 4 atom stereocenters. The van der Waals surface area contributed by atoms with Crippen molar-refractivity contribution in [3.8, 4) is 33.5 Å². The van der Waals surface area contributed by atoms with Gasteiger partial charge in [-0.25, -0.2) is 19.6 Å². The number of fused-ring (bicyclic) bond motifs is 2. The minimum atomic E-state index is -0.882. The third kappa shape index (κ3) is 8.07. The summed E-state index contributed by atoms with van der Waals surface area (Å²) in [6.07, 6.45) is 5.98. The van der Waals surface area contributed by atoms with Gasteiger partial charge in [0.1, 0.15) is 29.8 Å². The van der Waals surface area contributed by atoms with E-state index in [2.05, 4.69) is 67.8 Å². The van der Waals surface area contributed by atoms with Gasteiger partial charge in [-0.05, 0) is 53.1 Å². The second-order valence-electron chi connectivity index (χ2n) is 16.0. The van der Waals surface area contributed by atoms with Crippen molar-refractivity contribution in [2.75, 3.05) is 27.3 Å². The predicted molar refractivity (Wildman–Crippen MR) is 244 cm³/mol. The highest BCUT2D eigenvalue weighted by molar-refractivity contribution is 7.27. The molecule has 3 aromatic carbocycles. The first-order valence-corrected chi connectivity index (χ1v) is 22.5. The number of carbonyl (C=O) groups excluding carboxylic acids is 4. The lowest BCUT2D eigenvalue weighted by molar-refractivity contribution is -0.135. The largest absolute Gasteiger partial charge is 0.453 e. The number of benzene rings is 3. The smallest absolute Gasteiger partial charge is 0.407 e. The topological polar surface area (TPSA) is 175 Å². The van der Waals surface area contributed by atoms with E-state index in [0.29, 0.717) is 30.3 Å². The van der Waals surface area contributed by atoms with Crippen molar-refractivity contribution in [3.63, 3.8) is 0 Å². The molecule has 9 rings (SSSR count). The Labute approximate surface area is 371 Å². The van der Waals surface area contributed by atoms with Crippen molar-refractivity contribution in [1.82, 2.24) is 40.4 Å². The Morgan fingerprint density at radius 1 is 0.794 bits per heavy atom. The molecule has 0 saturated carbocycles. The fourth-order valence-corrected chi connectivity index (χ4v) is 11.0. The molecule has 0 spiro atoms. The number of rotatable bonds is 11. The molecular formula is C47H46N8O6S2. The van der Waals surface area contributed by atoms with Crippen molar-refractivity contribution in [1.29, 1.82) is 0 Å². The number of aromatic nitrogens is 4. The van der Waals surface area contributed by atoms with Crippen molar-refractivity contribution < 1.29 is 28.7 Å². The van der Waals surface area contributed by atoms with Gasteiger partial charge in [0, 0.05) is 35.0 Å². The maximum atomic E-state index is 14.0. The highest BCUT2D eigenvalue weighted by Crippen LogP contribution is 2.45. The Kier molecular flexibility index (Phi) is 11.6. The summed E-state index contributed by atoms with van der Waals surface area (Å²) in [5.41, 5.74) is 8.67. The van der Waals surface area contributed by atoms with Crippen LogP contribution in [-0.4, -0.2) is 87.1 Å². The summed E-state index contributed by atoms with van der Waals surface area (Å²) in [6, 6.07) is 21.6. The number of hydrogen-bond donors (Lipinski definition) is 4. The molecule has 14 nitrogen and oxygen atoms in total. The number of thiophene rings is 2. The second kappa shape index (κ2) is 17.5. The fraction of sp³-hybridized carbons (Fsp3) is 0.277. The molecule has 2 aliphatic rings. The first-order chi connectivity index (χ1) is 30.6. The molecule has 7 aromatic rings. The van der Waals surface area contributed by atoms with E-state index < -0.39 is 30.3 Å². The average molecular weight is 883 g/mol. The molecule has 4 amide bonds. The molecular weight excluding hydrogens is 837 g/mol. The van der Waals surface area contributed by atoms with E-state index in [-0.39, 0.29) is 23.8 Å². The van der Waals surface area contributed by atoms with Crippen molar-refractivity contribution in [2.24, 2.45) is 5.92 Å². The van der Waals surface area contributed by atoms with E-state index in [1.165, 1.54) is 29.2 Å². The summed E-state index contributed by atoms with van der Waals surface area (Å²) in [5.74, 6) is 0.819. The number of nitrogens with zero attached hydrogens (tertiary/aromatic N) is 4. The van der Waals surface area contributed by atoms with Crippen LogP contribution in [0.5, 0.6) is 0 Å². The lowest BCUT2D eigenvalue weighted by Gasteiger charge is -2.29. The normalized spacial score (nSPS) is 17.1. The van der Waals surface area contributed by atoms with Crippen LogP contribution in [0, 0.1) is 5.92 Å². The van der Waals surface area contributed by atoms with Crippen LogP contribution in [0.1, 0.15) is 62.0 Å². The summed E-state index contributed by atoms with van der Waals surface area (Å²) in [7, 11) is 2.57. The van der Waals surface area contributed by atoms with E-state index in [4.69, 9.17) is 19.4 Å². The molecule has 1 saturated heterocycles. The van der Waals surface area contributed by atoms with Crippen molar-refractivity contribution in [2.45, 2.75) is 50.9 Å². The Balaban J connectivity index is 0.906. The number of alkyl carbamates (subject to hydrolysis) is 2. The highest BCUT2D eigenvalue weighted by Gasteiger charge is 2.38. The van der Waals surface area contributed by atoms with Crippen LogP contribution < -0.4 is 10.6 Å². The number of aromatic amines is 2. The molecule has 322 valence electrons. The second-order valence-corrected chi connectivity index (χ2v) is 17.7. The van der Waals surface area contributed by atoms with Gasteiger partial charge in [0.25, 0.3) is 5.91 Å². The SMILES string of the molecule is COC(=O)N[C@H](C(=O)N1CC=CC1c1nc2ccc(-c3csc4c(-c5ccc(-c6cnc(C7CCCN7C(=O)[C@H](NC(=O)OC)c7ccccc7)[nH]6)cc5)csc34)cc2[nH]1)C(C)C. The lowest BCUT2D eigenvalue weighted by atomic mass is 10.0. The zero-order valence-corrected chi connectivity index (χ0v) is 36.7. The molecule has 4 N–H and O–H groups in total.